The van der Waals surface area contributed by atoms with Crippen molar-refractivity contribution in [3.05, 3.63) is 35.4 Å². The molecule has 2 N–H and O–H groups in total. The number of carbonyl (C=O) groups excluding carboxylic acids is 2. The minimum atomic E-state index is -0.374. The first-order chi connectivity index (χ1) is 12.9. The first kappa shape index (κ1) is 23.0. The van der Waals surface area contributed by atoms with Gasteiger partial charge in [-0.1, -0.05) is 32.9 Å². The van der Waals surface area contributed by atoms with Crippen LogP contribution in [0.4, 0.5) is 0 Å². The van der Waals surface area contributed by atoms with Crippen molar-refractivity contribution in [1.29, 1.82) is 0 Å². The van der Waals surface area contributed by atoms with Crippen LogP contribution >= 0.6 is 24.2 Å². The summed E-state index contributed by atoms with van der Waals surface area (Å²) >= 11 is 1.64. The van der Waals surface area contributed by atoms with Crippen molar-refractivity contribution in [1.82, 2.24) is 15.5 Å². The first-order valence-electron chi connectivity index (χ1n) is 9.84. The van der Waals surface area contributed by atoms with Crippen molar-refractivity contribution in [3.8, 4) is 0 Å². The van der Waals surface area contributed by atoms with E-state index in [-0.39, 0.29) is 35.7 Å². The quantitative estimate of drug-likeness (QED) is 0.778. The van der Waals surface area contributed by atoms with E-state index < -0.39 is 0 Å². The zero-order valence-corrected chi connectivity index (χ0v) is 18.6. The summed E-state index contributed by atoms with van der Waals surface area (Å²) in [6.07, 6.45) is 2.31. The minimum absolute atomic E-state index is 0. The summed E-state index contributed by atoms with van der Waals surface area (Å²) in [5.74, 6) is 1.65. The monoisotopic (exact) mass is 425 g/mol. The summed E-state index contributed by atoms with van der Waals surface area (Å²) in [6.45, 7) is 9.19. The largest absolute Gasteiger partial charge is 0.354 e. The number of hydrogen-bond acceptors (Lipinski definition) is 4. The fourth-order valence-corrected chi connectivity index (χ4v) is 4.75. The molecule has 2 atom stereocenters. The summed E-state index contributed by atoms with van der Waals surface area (Å²) in [4.78, 5) is 27.3. The molecule has 2 unspecified atom stereocenters. The Hall–Kier alpha value is -1.24. The van der Waals surface area contributed by atoms with Crippen LogP contribution < -0.4 is 10.6 Å². The molecule has 5 nitrogen and oxygen atoms in total. The molecule has 1 aromatic rings. The van der Waals surface area contributed by atoms with E-state index in [1.165, 1.54) is 5.56 Å². The third-order valence-electron chi connectivity index (χ3n) is 5.41. The predicted octanol–water partition coefficient (Wildman–Crippen LogP) is 3.04. The zero-order chi connectivity index (χ0) is 19.4. The Balaban J connectivity index is 0.00000280. The number of carbonyl (C=O) groups is 2. The highest BCUT2D eigenvalue weighted by molar-refractivity contribution is 7.99. The lowest BCUT2D eigenvalue weighted by atomic mass is 9.86. The van der Waals surface area contributed by atoms with Gasteiger partial charge in [0.05, 0.1) is 5.88 Å². The second-order valence-corrected chi connectivity index (χ2v) is 9.58. The highest BCUT2D eigenvalue weighted by atomic mass is 35.5. The fourth-order valence-electron chi connectivity index (χ4n) is 3.60. The van der Waals surface area contributed by atoms with E-state index in [4.69, 9.17) is 0 Å². The Morgan fingerprint density at radius 1 is 1.25 bits per heavy atom. The van der Waals surface area contributed by atoms with Crippen LogP contribution in [0.15, 0.2) is 24.3 Å². The Labute approximate surface area is 178 Å². The van der Waals surface area contributed by atoms with Crippen LogP contribution in [0.25, 0.3) is 0 Å². The van der Waals surface area contributed by atoms with Crippen LogP contribution in [-0.2, 0) is 10.2 Å². The first-order valence-corrected chi connectivity index (χ1v) is 11.0. The lowest BCUT2D eigenvalue weighted by molar-refractivity contribution is -0.124. The van der Waals surface area contributed by atoms with Gasteiger partial charge < -0.3 is 15.5 Å². The lowest BCUT2D eigenvalue weighted by Crippen LogP contribution is -2.49. The van der Waals surface area contributed by atoms with Gasteiger partial charge in [0, 0.05) is 17.9 Å². The highest BCUT2D eigenvalue weighted by Crippen LogP contribution is 2.26. The van der Waals surface area contributed by atoms with Crippen molar-refractivity contribution >= 4 is 36.0 Å². The molecular formula is C21H32ClN3O2S. The summed E-state index contributed by atoms with van der Waals surface area (Å²) in [5.41, 5.74) is 1.91. The Bertz CT molecular complexity index is 669. The minimum Gasteiger partial charge on any atom is -0.354 e. The molecule has 0 aliphatic carbocycles. The van der Waals surface area contributed by atoms with E-state index in [0.29, 0.717) is 29.7 Å². The molecule has 0 bridgehead atoms. The van der Waals surface area contributed by atoms with E-state index in [1.807, 2.05) is 24.3 Å². The number of thioether (sulfide) groups is 1. The van der Waals surface area contributed by atoms with Crippen molar-refractivity contribution in [2.75, 3.05) is 31.3 Å². The smallest absolute Gasteiger partial charge is 0.255 e. The van der Waals surface area contributed by atoms with Crippen LogP contribution in [-0.4, -0.2) is 54.0 Å². The van der Waals surface area contributed by atoms with E-state index in [9.17, 15) is 9.59 Å². The molecule has 2 heterocycles. The van der Waals surface area contributed by atoms with Crippen LogP contribution in [0.1, 0.15) is 49.5 Å². The molecule has 2 saturated heterocycles. The summed E-state index contributed by atoms with van der Waals surface area (Å²) in [6, 6.07) is 7.42. The predicted molar refractivity (Wildman–Crippen MR) is 118 cm³/mol. The van der Waals surface area contributed by atoms with Gasteiger partial charge in [0.2, 0.25) is 5.91 Å². The molecule has 2 aliphatic rings. The van der Waals surface area contributed by atoms with E-state index in [1.54, 1.807) is 16.7 Å². The van der Waals surface area contributed by atoms with E-state index in [2.05, 4.69) is 31.4 Å². The zero-order valence-electron chi connectivity index (χ0n) is 17.0. The van der Waals surface area contributed by atoms with Crippen LogP contribution in [0, 0.1) is 5.92 Å². The molecule has 0 aromatic heterocycles. The number of hydrogen-bond donors (Lipinski definition) is 2. The molecule has 3 rings (SSSR count). The standard InChI is InChI=1S/C21H31N3O2S.ClH/c1-21(2,3)17-8-6-16(7-9-17)20(26)24-14-27-13-18(24)19(25)23-12-15-5-4-10-22-11-15;/h6-9,15,18,22H,4-5,10-14H2,1-3H3,(H,23,25);1H. The number of nitrogens with zero attached hydrogens (tertiary/aromatic N) is 1. The van der Waals surface area contributed by atoms with Gasteiger partial charge in [0.1, 0.15) is 6.04 Å². The van der Waals surface area contributed by atoms with Crippen LogP contribution in [0.3, 0.4) is 0 Å². The Morgan fingerprint density at radius 2 is 1.96 bits per heavy atom. The van der Waals surface area contributed by atoms with Gasteiger partial charge in [-0.3, -0.25) is 9.59 Å². The average molecular weight is 426 g/mol. The molecule has 1 aromatic carbocycles. The number of halogens is 1. The molecule has 0 spiro atoms. The summed E-state index contributed by atoms with van der Waals surface area (Å²) in [7, 11) is 0. The summed E-state index contributed by atoms with van der Waals surface area (Å²) < 4.78 is 0. The average Bonchev–Trinajstić information content (AvgIpc) is 3.15. The van der Waals surface area contributed by atoms with Gasteiger partial charge in [-0.25, -0.2) is 0 Å². The molecule has 28 heavy (non-hydrogen) atoms. The Kier molecular flexibility index (Phi) is 8.22. The van der Waals surface area contributed by atoms with Gasteiger partial charge in [-0.2, -0.15) is 0 Å². The van der Waals surface area contributed by atoms with Crippen LogP contribution in [0.5, 0.6) is 0 Å². The molecule has 0 saturated carbocycles. The van der Waals surface area contributed by atoms with Crippen molar-refractivity contribution in [2.45, 2.75) is 45.1 Å². The number of rotatable bonds is 4. The number of nitrogens with one attached hydrogen (secondary N) is 2. The van der Waals surface area contributed by atoms with Gasteiger partial charge in [-0.05, 0) is 55.0 Å². The van der Waals surface area contributed by atoms with Crippen molar-refractivity contribution in [3.63, 3.8) is 0 Å². The molecule has 7 heteroatoms. The molecule has 2 aliphatic heterocycles. The lowest BCUT2D eigenvalue weighted by Gasteiger charge is -2.26. The van der Waals surface area contributed by atoms with Crippen molar-refractivity contribution in [2.24, 2.45) is 5.92 Å². The Morgan fingerprint density at radius 3 is 2.57 bits per heavy atom. The number of benzene rings is 1. The van der Waals surface area contributed by atoms with Gasteiger partial charge in [0.15, 0.2) is 0 Å². The summed E-state index contributed by atoms with van der Waals surface area (Å²) in [5, 5.41) is 6.45. The van der Waals surface area contributed by atoms with E-state index in [0.717, 1.165) is 25.9 Å². The fraction of sp³-hybridized carbons (Fsp3) is 0.619. The molecule has 2 fully saturated rings. The third kappa shape index (κ3) is 5.65. The van der Waals surface area contributed by atoms with Gasteiger partial charge >= 0.3 is 0 Å². The number of piperidine rings is 1. The maximum absolute atomic E-state index is 13.0. The second kappa shape index (κ2) is 9.99. The van der Waals surface area contributed by atoms with Crippen molar-refractivity contribution < 1.29 is 9.59 Å². The maximum Gasteiger partial charge on any atom is 0.255 e. The second-order valence-electron chi connectivity index (χ2n) is 8.58. The third-order valence-corrected chi connectivity index (χ3v) is 6.42. The van der Waals surface area contributed by atoms with Gasteiger partial charge in [-0.15, -0.1) is 24.2 Å². The van der Waals surface area contributed by atoms with Gasteiger partial charge in [0.25, 0.3) is 5.91 Å². The SMILES string of the molecule is CC(C)(C)c1ccc(C(=O)N2CSCC2C(=O)NCC2CCCNC2)cc1.Cl. The maximum atomic E-state index is 13.0. The van der Waals surface area contributed by atoms with Crippen LogP contribution in [0.2, 0.25) is 0 Å². The molecule has 2 amide bonds. The van der Waals surface area contributed by atoms with E-state index >= 15 is 0 Å². The molecule has 0 radical (unpaired) electrons. The number of amides is 2. The topological polar surface area (TPSA) is 61.4 Å². The normalized spacial score (nSPS) is 22.5. The molecule has 156 valence electrons. The highest BCUT2D eigenvalue weighted by Gasteiger charge is 2.35. The molecular weight excluding hydrogens is 394 g/mol.